The van der Waals surface area contributed by atoms with Crippen molar-refractivity contribution in [2.75, 3.05) is 10.3 Å². The van der Waals surface area contributed by atoms with Gasteiger partial charge in [0.25, 0.3) is 5.56 Å². The third kappa shape index (κ3) is 6.90. The Labute approximate surface area is 243 Å². The molecule has 0 saturated heterocycles. The van der Waals surface area contributed by atoms with Crippen molar-refractivity contribution in [2.45, 2.75) is 12.5 Å². The van der Waals surface area contributed by atoms with Crippen molar-refractivity contribution in [1.29, 1.82) is 0 Å². The fourth-order valence-corrected chi connectivity index (χ4v) is 4.32. The molecule has 1 unspecified atom stereocenters. The molecule has 4 aromatic rings. The summed E-state index contributed by atoms with van der Waals surface area (Å²) in [7, 11) is 0. The van der Waals surface area contributed by atoms with Crippen LogP contribution in [-0.2, 0) is 11.2 Å². The van der Waals surface area contributed by atoms with Gasteiger partial charge in [-0.2, -0.15) is 0 Å². The van der Waals surface area contributed by atoms with Crippen LogP contribution in [-0.4, -0.2) is 26.5 Å². The number of hydrogen-bond acceptors (Lipinski definition) is 7. The molecule has 6 N–H and O–H groups in total. The van der Waals surface area contributed by atoms with Crippen LogP contribution in [0.5, 0.6) is 0 Å². The van der Waals surface area contributed by atoms with Crippen LogP contribution in [0.3, 0.4) is 0 Å². The summed E-state index contributed by atoms with van der Waals surface area (Å²) < 4.78 is 16.3. The quantitative estimate of drug-likeness (QED) is 0.125. The first-order valence-electron chi connectivity index (χ1n) is 12.0. The summed E-state index contributed by atoms with van der Waals surface area (Å²) in [6.45, 7) is 0. The molecule has 0 fully saturated rings. The summed E-state index contributed by atoms with van der Waals surface area (Å²) in [6.07, 6.45) is 2.39. The van der Waals surface area contributed by atoms with Crippen molar-refractivity contribution in [3.63, 3.8) is 0 Å². The van der Waals surface area contributed by atoms with Gasteiger partial charge in [-0.25, -0.2) is 20.0 Å². The van der Waals surface area contributed by atoms with Gasteiger partial charge in [0, 0.05) is 18.2 Å². The number of nitrogens with zero attached hydrogens (tertiary/aromatic N) is 3. The lowest BCUT2D eigenvalue weighted by Crippen LogP contribution is -2.35. The minimum absolute atomic E-state index is 0.0488. The molecule has 0 aliphatic carbocycles. The van der Waals surface area contributed by atoms with Crippen LogP contribution >= 0.6 is 23.2 Å². The van der Waals surface area contributed by atoms with E-state index in [2.05, 4.69) is 10.3 Å². The highest BCUT2D eigenvalue weighted by molar-refractivity contribution is 6.31. The number of benzene rings is 3. The zero-order chi connectivity index (χ0) is 29.7. The van der Waals surface area contributed by atoms with Gasteiger partial charge in [-0.1, -0.05) is 53.5 Å². The maximum atomic E-state index is 15.2. The van der Waals surface area contributed by atoms with Gasteiger partial charge < -0.3 is 16.2 Å². The van der Waals surface area contributed by atoms with Gasteiger partial charge in [0.2, 0.25) is 5.91 Å². The van der Waals surface area contributed by atoms with Crippen LogP contribution in [0.25, 0.3) is 11.3 Å². The highest BCUT2D eigenvalue weighted by Gasteiger charge is 2.25. The highest BCUT2D eigenvalue weighted by atomic mass is 35.5. The number of carboxylic acid groups (broad SMARTS) is 1. The number of halogens is 3. The molecule has 3 aromatic carbocycles. The van der Waals surface area contributed by atoms with Gasteiger partial charge in [-0.3, -0.25) is 19.2 Å². The molecule has 0 saturated carbocycles. The molecule has 0 aliphatic rings. The molecular weight excluding hydrogens is 574 g/mol. The Morgan fingerprint density at radius 3 is 2.41 bits per heavy atom. The number of rotatable bonds is 9. The lowest BCUT2D eigenvalue weighted by Gasteiger charge is -2.21. The Morgan fingerprint density at radius 1 is 1.12 bits per heavy atom. The van der Waals surface area contributed by atoms with Crippen LogP contribution < -0.4 is 27.5 Å². The van der Waals surface area contributed by atoms with Crippen LogP contribution in [0.4, 0.5) is 15.8 Å². The second-order valence-corrected chi connectivity index (χ2v) is 9.62. The van der Waals surface area contributed by atoms with E-state index in [4.69, 9.17) is 39.9 Å². The molecule has 13 heteroatoms. The minimum atomic E-state index is -1.11. The minimum Gasteiger partial charge on any atom is -0.478 e. The third-order valence-corrected chi connectivity index (χ3v) is 6.40. The number of nitrogens with one attached hydrogen (secondary N) is 1. The van der Waals surface area contributed by atoms with Gasteiger partial charge in [-0.05, 0) is 42.0 Å². The monoisotopic (exact) mass is 596 g/mol. The normalized spacial score (nSPS) is 12.0. The number of aromatic nitrogens is 2. The summed E-state index contributed by atoms with van der Waals surface area (Å²) >= 11 is 11.7. The van der Waals surface area contributed by atoms with Crippen LogP contribution in [0.2, 0.25) is 5.02 Å². The molecule has 0 bridgehead atoms. The number of carbonyl (C=O) groups excluding carboxylic acids is 1. The van der Waals surface area contributed by atoms with Crippen LogP contribution in [0.15, 0.2) is 95.3 Å². The van der Waals surface area contributed by atoms with Crippen LogP contribution in [0.1, 0.15) is 22.0 Å². The molecule has 0 aliphatic heterocycles. The third-order valence-electron chi connectivity index (χ3n) is 6.02. The standard InChI is InChI=1S/C28H23Cl2FN6O4/c29-19-10-11-21(37(33)14-23(30)32)25(26(19)31)20-13-24(38)36(15-34-20)22(12-16-4-2-1-3-5-16)27(39)35-18-8-6-17(7-9-18)28(40)41/h1-11,13-15,22H,12,32-33H2,(H,35,39)(H,40,41)/b23-14-. The fraction of sp³-hybridized carbons (Fsp3) is 0.0714. The summed E-state index contributed by atoms with van der Waals surface area (Å²) in [5, 5.41) is 12.4. The van der Waals surface area contributed by atoms with Crippen LogP contribution in [0, 0.1) is 5.82 Å². The van der Waals surface area contributed by atoms with Crippen molar-refractivity contribution in [3.05, 3.63) is 123 Å². The predicted octanol–water partition coefficient (Wildman–Crippen LogP) is 4.50. The number of amides is 1. The molecule has 4 rings (SSSR count). The highest BCUT2D eigenvalue weighted by Crippen LogP contribution is 2.35. The smallest absolute Gasteiger partial charge is 0.335 e. The molecule has 1 heterocycles. The number of anilines is 2. The molecule has 210 valence electrons. The summed E-state index contributed by atoms with van der Waals surface area (Å²) in [5.74, 6) is 3.43. The van der Waals surface area contributed by atoms with E-state index in [0.717, 1.165) is 33.7 Å². The van der Waals surface area contributed by atoms with E-state index in [1.807, 2.05) is 6.07 Å². The second kappa shape index (κ2) is 12.6. The Hall–Kier alpha value is -4.71. The SMILES string of the molecule is N/C(Cl)=C\N(N)c1ccc(Cl)c(F)c1-c1cc(=O)n(C(Cc2ccccc2)C(=O)Nc2ccc(C(=O)O)cc2)cn1. The van der Waals surface area contributed by atoms with E-state index >= 15 is 4.39 Å². The van der Waals surface area contributed by atoms with Crippen molar-refractivity contribution in [1.82, 2.24) is 9.55 Å². The van der Waals surface area contributed by atoms with Crippen molar-refractivity contribution in [2.24, 2.45) is 11.6 Å². The topological polar surface area (TPSA) is 157 Å². The molecule has 1 aromatic heterocycles. The Balaban J connectivity index is 1.75. The van der Waals surface area contributed by atoms with E-state index in [1.54, 1.807) is 24.3 Å². The average Bonchev–Trinajstić information content (AvgIpc) is 2.93. The average molecular weight is 597 g/mol. The summed E-state index contributed by atoms with van der Waals surface area (Å²) in [4.78, 5) is 42.3. The summed E-state index contributed by atoms with van der Waals surface area (Å²) in [5.41, 5.74) is 5.76. The lowest BCUT2D eigenvalue weighted by molar-refractivity contribution is -0.119. The molecular formula is C28H23Cl2FN6O4. The Bertz CT molecular complexity index is 1680. The van der Waals surface area contributed by atoms with Gasteiger partial charge in [-0.15, -0.1) is 0 Å². The number of hydrogen-bond donors (Lipinski definition) is 4. The maximum Gasteiger partial charge on any atom is 0.335 e. The first-order chi connectivity index (χ1) is 19.5. The number of hydrazine groups is 1. The molecule has 0 spiro atoms. The molecule has 0 radical (unpaired) electrons. The molecule has 10 nitrogen and oxygen atoms in total. The first-order valence-corrected chi connectivity index (χ1v) is 12.7. The van der Waals surface area contributed by atoms with Gasteiger partial charge in [0.1, 0.15) is 11.2 Å². The second-order valence-electron chi connectivity index (χ2n) is 8.77. The first kappa shape index (κ1) is 29.3. The van der Waals surface area contributed by atoms with E-state index in [9.17, 15) is 14.4 Å². The van der Waals surface area contributed by atoms with Crippen molar-refractivity contribution < 1.29 is 19.1 Å². The van der Waals surface area contributed by atoms with Crippen molar-refractivity contribution in [3.8, 4) is 11.3 Å². The molecule has 1 amide bonds. The Kier molecular flexibility index (Phi) is 9.03. The fourth-order valence-electron chi connectivity index (χ4n) is 4.06. The van der Waals surface area contributed by atoms with E-state index in [-0.39, 0.29) is 39.1 Å². The number of nitrogens with two attached hydrogens (primary N) is 2. The largest absolute Gasteiger partial charge is 0.478 e. The molecule has 1 atom stereocenters. The number of carbonyl (C=O) groups is 2. The van der Waals surface area contributed by atoms with Gasteiger partial charge in [0.05, 0.1) is 40.1 Å². The summed E-state index contributed by atoms with van der Waals surface area (Å²) in [6, 6.07) is 17.3. The number of carboxylic acids is 1. The number of aromatic carboxylic acids is 1. The predicted molar refractivity (Wildman–Crippen MR) is 155 cm³/mol. The zero-order valence-electron chi connectivity index (χ0n) is 21.2. The lowest BCUT2D eigenvalue weighted by atomic mass is 10.0. The van der Waals surface area contributed by atoms with Gasteiger partial charge >= 0.3 is 5.97 Å². The molecule has 41 heavy (non-hydrogen) atoms. The maximum absolute atomic E-state index is 15.2. The van der Waals surface area contributed by atoms with E-state index in [0.29, 0.717) is 5.69 Å². The Morgan fingerprint density at radius 2 is 1.80 bits per heavy atom. The van der Waals surface area contributed by atoms with E-state index < -0.39 is 29.3 Å². The van der Waals surface area contributed by atoms with E-state index in [1.165, 1.54) is 36.4 Å². The van der Waals surface area contributed by atoms with Gasteiger partial charge in [0.15, 0.2) is 5.82 Å². The zero-order valence-corrected chi connectivity index (χ0v) is 22.7. The van der Waals surface area contributed by atoms with Crippen molar-refractivity contribution >= 4 is 46.5 Å².